The van der Waals surface area contributed by atoms with E-state index in [0.29, 0.717) is 4.83 Å². The number of nitrogens with one attached hydrogen (secondary N) is 1. The largest absolute Gasteiger partial charge is 0.348 e. The second-order valence-corrected chi connectivity index (χ2v) is 6.09. The highest BCUT2D eigenvalue weighted by molar-refractivity contribution is 9.09. The Kier molecular flexibility index (Phi) is 4.44. The lowest BCUT2D eigenvalue weighted by molar-refractivity contribution is -0.125. The number of rotatable bonds is 4. The lowest BCUT2D eigenvalue weighted by Crippen LogP contribution is -2.35. The van der Waals surface area contributed by atoms with Crippen molar-refractivity contribution < 1.29 is 4.79 Å². The van der Waals surface area contributed by atoms with Crippen molar-refractivity contribution in [1.82, 2.24) is 5.32 Å². The van der Waals surface area contributed by atoms with E-state index in [1.165, 1.54) is 11.1 Å². The molecule has 0 radical (unpaired) electrons. The Balaban J connectivity index is 2.12. The lowest BCUT2D eigenvalue weighted by atomic mass is 10.0. The number of hydrogen-bond acceptors (Lipinski definition) is 1. The van der Waals surface area contributed by atoms with E-state index < -0.39 is 0 Å². The normalized spacial score (nSPS) is 22.0. The van der Waals surface area contributed by atoms with Crippen LogP contribution in [-0.2, 0) is 11.2 Å². The van der Waals surface area contributed by atoms with E-state index >= 15 is 0 Å². The molecule has 1 aromatic rings. The van der Waals surface area contributed by atoms with Crippen LogP contribution in [0.2, 0.25) is 0 Å². The first-order valence-corrected chi connectivity index (χ1v) is 7.61. The number of benzene rings is 1. The van der Waals surface area contributed by atoms with Gasteiger partial charge in [-0.05, 0) is 30.4 Å². The van der Waals surface area contributed by atoms with E-state index in [0.717, 1.165) is 19.3 Å². The summed E-state index contributed by atoms with van der Waals surface area (Å²) in [6, 6.07) is 8.49. The summed E-state index contributed by atoms with van der Waals surface area (Å²) in [4.78, 5) is 12.5. The highest BCUT2D eigenvalue weighted by atomic mass is 79.9. The second-order valence-electron chi connectivity index (χ2n) is 4.92. The van der Waals surface area contributed by atoms with Crippen molar-refractivity contribution in [3.63, 3.8) is 0 Å². The average molecular weight is 310 g/mol. The van der Waals surface area contributed by atoms with Crippen molar-refractivity contribution in [1.29, 1.82) is 0 Å². The summed E-state index contributed by atoms with van der Waals surface area (Å²) in [7, 11) is 0. The van der Waals surface area contributed by atoms with Gasteiger partial charge in [-0.1, -0.05) is 54.0 Å². The molecule has 0 fully saturated rings. The van der Waals surface area contributed by atoms with Crippen molar-refractivity contribution in [2.24, 2.45) is 5.92 Å². The third-order valence-corrected chi connectivity index (χ3v) is 4.67. The van der Waals surface area contributed by atoms with E-state index in [1.807, 2.05) is 6.07 Å². The molecule has 0 aliphatic heterocycles. The molecule has 1 aromatic carbocycles. The summed E-state index contributed by atoms with van der Waals surface area (Å²) < 4.78 is 0. The zero-order chi connectivity index (χ0) is 13.1. The maximum atomic E-state index is 12.2. The Bertz CT molecular complexity index is 428. The summed E-state index contributed by atoms with van der Waals surface area (Å²) in [5, 5.41) is 3.20. The molecule has 2 unspecified atom stereocenters. The smallest absolute Gasteiger partial charge is 0.223 e. The molecule has 1 amide bonds. The Morgan fingerprint density at radius 2 is 2.06 bits per heavy atom. The van der Waals surface area contributed by atoms with E-state index in [-0.39, 0.29) is 17.9 Å². The predicted molar refractivity (Wildman–Crippen MR) is 77.8 cm³/mol. The van der Waals surface area contributed by atoms with Crippen LogP contribution in [0.25, 0.3) is 0 Å². The van der Waals surface area contributed by atoms with Gasteiger partial charge >= 0.3 is 0 Å². The van der Waals surface area contributed by atoms with E-state index in [4.69, 9.17) is 0 Å². The Labute approximate surface area is 117 Å². The fourth-order valence-corrected chi connectivity index (χ4v) is 3.41. The van der Waals surface area contributed by atoms with Gasteiger partial charge in [-0.15, -0.1) is 0 Å². The van der Waals surface area contributed by atoms with Gasteiger partial charge in [0.2, 0.25) is 5.91 Å². The Hall–Kier alpha value is -0.830. The van der Waals surface area contributed by atoms with Crippen molar-refractivity contribution in [3.8, 4) is 0 Å². The highest BCUT2D eigenvalue weighted by Crippen LogP contribution is 2.35. The van der Waals surface area contributed by atoms with E-state index in [2.05, 4.69) is 53.3 Å². The maximum Gasteiger partial charge on any atom is 0.223 e. The number of carbonyl (C=O) groups is 1. The van der Waals surface area contributed by atoms with E-state index in [1.54, 1.807) is 0 Å². The Morgan fingerprint density at radius 1 is 1.39 bits per heavy atom. The van der Waals surface area contributed by atoms with Crippen molar-refractivity contribution in [3.05, 3.63) is 35.4 Å². The van der Waals surface area contributed by atoms with Gasteiger partial charge in [-0.3, -0.25) is 4.79 Å². The van der Waals surface area contributed by atoms with Crippen LogP contribution < -0.4 is 5.32 Å². The molecule has 98 valence electrons. The van der Waals surface area contributed by atoms with Crippen LogP contribution in [0.5, 0.6) is 0 Å². The molecule has 0 aromatic heterocycles. The molecule has 2 atom stereocenters. The summed E-state index contributed by atoms with van der Waals surface area (Å²) >= 11 is 3.69. The number of carbonyl (C=O) groups excluding carboxylic acids is 1. The molecule has 18 heavy (non-hydrogen) atoms. The molecule has 2 rings (SSSR count). The molecule has 0 saturated carbocycles. The zero-order valence-corrected chi connectivity index (χ0v) is 12.5. The van der Waals surface area contributed by atoms with Gasteiger partial charge in [0.15, 0.2) is 0 Å². The first-order chi connectivity index (χ1) is 8.67. The van der Waals surface area contributed by atoms with Gasteiger partial charge in [0.1, 0.15) is 0 Å². The summed E-state index contributed by atoms with van der Waals surface area (Å²) in [6.45, 7) is 4.14. The number of alkyl halides is 1. The van der Waals surface area contributed by atoms with Crippen LogP contribution in [0.4, 0.5) is 0 Å². The van der Waals surface area contributed by atoms with Crippen molar-refractivity contribution in [2.45, 2.75) is 44.0 Å². The standard InChI is InChI=1S/C15H20BrNO/c1-3-10(4-2)15(18)17-14-12-8-6-5-7-11(12)9-13(14)16/h5-8,10,13-14H,3-4,9H2,1-2H3,(H,17,18). The number of hydrogen-bond donors (Lipinski definition) is 1. The fraction of sp³-hybridized carbons (Fsp3) is 0.533. The molecule has 0 saturated heterocycles. The molecule has 0 spiro atoms. The number of fused-ring (bicyclic) bond motifs is 1. The quantitative estimate of drug-likeness (QED) is 0.846. The average Bonchev–Trinajstić information content (AvgIpc) is 2.68. The SMILES string of the molecule is CCC(CC)C(=O)NC1c2ccccc2CC1Br. The predicted octanol–water partition coefficient (Wildman–Crippen LogP) is 3.60. The first kappa shape index (κ1) is 13.6. The molecule has 1 aliphatic carbocycles. The van der Waals surface area contributed by atoms with Gasteiger partial charge in [0.05, 0.1) is 6.04 Å². The topological polar surface area (TPSA) is 29.1 Å². The third-order valence-electron chi connectivity index (χ3n) is 3.82. The monoisotopic (exact) mass is 309 g/mol. The molecule has 1 aliphatic rings. The fourth-order valence-electron chi connectivity index (χ4n) is 2.65. The highest BCUT2D eigenvalue weighted by Gasteiger charge is 2.32. The first-order valence-electron chi connectivity index (χ1n) is 6.69. The van der Waals surface area contributed by atoms with Gasteiger partial charge < -0.3 is 5.32 Å². The van der Waals surface area contributed by atoms with Crippen LogP contribution in [-0.4, -0.2) is 10.7 Å². The molecular weight excluding hydrogens is 290 g/mol. The minimum Gasteiger partial charge on any atom is -0.348 e. The van der Waals surface area contributed by atoms with Crippen LogP contribution in [0.3, 0.4) is 0 Å². The Morgan fingerprint density at radius 3 is 2.72 bits per heavy atom. The zero-order valence-electron chi connectivity index (χ0n) is 10.9. The van der Waals surface area contributed by atoms with Crippen LogP contribution >= 0.6 is 15.9 Å². The minimum atomic E-state index is 0.120. The van der Waals surface area contributed by atoms with Gasteiger partial charge in [-0.25, -0.2) is 0 Å². The van der Waals surface area contributed by atoms with Gasteiger partial charge in [0, 0.05) is 10.7 Å². The molecule has 0 heterocycles. The number of amides is 1. The van der Waals surface area contributed by atoms with Crippen LogP contribution in [0.1, 0.15) is 43.9 Å². The molecular formula is C15H20BrNO. The summed E-state index contributed by atoms with van der Waals surface area (Å²) in [5.74, 6) is 0.323. The molecule has 2 nitrogen and oxygen atoms in total. The van der Waals surface area contributed by atoms with Crippen LogP contribution in [0, 0.1) is 5.92 Å². The molecule has 0 bridgehead atoms. The third kappa shape index (κ3) is 2.61. The van der Waals surface area contributed by atoms with Crippen molar-refractivity contribution >= 4 is 21.8 Å². The lowest BCUT2D eigenvalue weighted by Gasteiger charge is -2.21. The summed E-state index contributed by atoms with van der Waals surface area (Å²) in [5.41, 5.74) is 2.60. The second kappa shape index (κ2) is 5.87. The van der Waals surface area contributed by atoms with Gasteiger partial charge in [-0.2, -0.15) is 0 Å². The maximum absolute atomic E-state index is 12.2. The molecule has 1 N–H and O–H groups in total. The van der Waals surface area contributed by atoms with Crippen LogP contribution in [0.15, 0.2) is 24.3 Å². The molecule has 3 heteroatoms. The van der Waals surface area contributed by atoms with Gasteiger partial charge in [0.25, 0.3) is 0 Å². The van der Waals surface area contributed by atoms with E-state index in [9.17, 15) is 4.79 Å². The number of halogens is 1. The summed E-state index contributed by atoms with van der Waals surface area (Å²) in [6.07, 6.45) is 2.80. The van der Waals surface area contributed by atoms with Crippen molar-refractivity contribution in [2.75, 3.05) is 0 Å². The minimum absolute atomic E-state index is 0.120.